The molecule has 2 atom stereocenters. The molecule has 114 valence electrons. The molecule has 0 aliphatic rings. The zero-order valence-corrected chi connectivity index (χ0v) is 14.1. The van der Waals surface area contributed by atoms with Gasteiger partial charge in [-0.15, -0.1) is 0 Å². The number of halogens is 1. The number of hydrogen-bond acceptors (Lipinski definition) is 2. The lowest BCUT2D eigenvalue weighted by Crippen LogP contribution is -2.28. The summed E-state index contributed by atoms with van der Waals surface area (Å²) in [5, 5.41) is 0.843. The van der Waals surface area contributed by atoms with Crippen LogP contribution in [-0.2, 0) is 6.42 Å². The van der Waals surface area contributed by atoms with E-state index in [-0.39, 0.29) is 6.04 Å². The molecule has 0 fully saturated rings. The van der Waals surface area contributed by atoms with Gasteiger partial charge in [-0.05, 0) is 43.4 Å². The Morgan fingerprint density at radius 1 is 1.20 bits per heavy atom. The topological polar surface area (TPSA) is 29.3 Å². The summed E-state index contributed by atoms with van der Waals surface area (Å²) in [6.07, 6.45) is 3.08. The van der Waals surface area contributed by atoms with Gasteiger partial charge in [0.1, 0.15) is 0 Å². The van der Waals surface area contributed by atoms with Crippen molar-refractivity contribution in [1.29, 1.82) is 0 Å². The fourth-order valence-corrected chi connectivity index (χ4v) is 2.61. The van der Waals surface area contributed by atoms with Crippen molar-refractivity contribution in [2.24, 2.45) is 11.7 Å². The Balaban J connectivity index is 2.84. The SMILES string of the molecule is CCC(C)CN(CC)c1ccc(CC(N)CC)cc1Cl. The summed E-state index contributed by atoms with van der Waals surface area (Å²) in [6, 6.07) is 6.60. The molecule has 0 spiro atoms. The highest BCUT2D eigenvalue weighted by Crippen LogP contribution is 2.28. The van der Waals surface area contributed by atoms with Crippen LogP contribution in [0.15, 0.2) is 18.2 Å². The lowest BCUT2D eigenvalue weighted by atomic mass is 10.0. The van der Waals surface area contributed by atoms with Gasteiger partial charge in [0.15, 0.2) is 0 Å². The zero-order chi connectivity index (χ0) is 15.1. The molecule has 2 nitrogen and oxygen atoms in total. The predicted octanol–water partition coefficient (Wildman–Crippen LogP) is 4.49. The van der Waals surface area contributed by atoms with Crippen molar-refractivity contribution >= 4 is 17.3 Å². The molecule has 0 radical (unpaired) electrons. The van der Waals surface area contributed by atoms with Crippen LogP contribution in [-0.4, -0.2) is 19.1 Å². The Labute approximate surface area is 129 Å². The molecular formula is C17H29ClN2. The van der Waals surface area contributed by atoms with E-state index in [2.05, 4.69) is 50.8 Å². The third-order valence-corrected chi connectivity index (χ3v) is 4.29. The van der Waals surface area contributed by atoms with E-state index in [4.69, 9.17) is 17.3 Å². The van der Waals surface area contributed by atoms with E-state index < -0.39 is 0 Å². The lowest BCUT2D eigenvalue weighted by molar-refractivity contribution is 0.548. The van der Waals surface area contributed by atoms with Crippen LogP contribution in [0.2, 0.25) is 5.02 Å². The zero-order valence-electron chi connectivity index (χ0n) is 13.3. The van der Waals surface area contributed by atoms with Crippen molar-refractivity contribution in [1.82, 2.24) is 0 Å². The molecule has 0 aromatic heterocycles. The van der Waals surface area contributed by atoms with Gasteiger partial charge in [0, 0.05) is 19.1 Å². The average Bonchev–Trinajstić information content (AvgIpc) is 2.45. The summed E-state index contributed by atoms with van der Waals surface area (Å²) in [5.74, 6) is 0.680. The second kappa shape index (κ2) is 8.53. The first-order valence-electron chi connectivity index (χ1n) is 7.80. The minimum atomic E-state index is 0.222. The van der Waals surface area contributed by atoms with E-state index in [9.17, 15) is 0 Å². The molecule has 0 aliphatic carbocycles. The highest BCUT2D eigenvalue weighted by molar-refractivity contribution is 6.33. The van der Waals surface area contributed by atoms with Gasteiger partial charge in [0.2, 0.25) is 0 Å². The van der Waals surface area contributed by atoms with E-state index >= 15 is 0 Å². The molecule has 0 heterocycles. The van der Waals surface area contributed by atoms with Crippen molar-refractivity contribution in [3.05, 3.63) is 28.8 Å². The van der Waals surface area contributed by atoms with Crippen LogP contribution >= 0.6 is 11.6 Å². The van der Waals surface area contributed by atoms with Gasteiger partial charge in [-0.1, -0.05) is 44.9 Å². The van der Waals surface area contributed by atoms with Crippen molar-refractivity contribution < 1.29 is 0 Å². The van der Waals surface area contributed by atoms with E-state index in [0.717, 1.165) is 36.6 Å². The summed E-state index contributed by atoms with van der Waals surface area (Å²) >= 11 is 6.47. The Morgan fingerprint density at radius 3 is 2.40 bits per heavy atom. The van der Waals surface area contributed by atoms with Crippen LogP contribution in [0.3, 0.4) is 0 Å². The number of nitrogens with two attached hydrogens (primary N) is 1. The van der Waals surface area contributed by atoms with Crippen molar-refractivity contribution in [2.75, 3.05) is 18.0 Å². The summed E-state index contributed by atoms with van der Waals surface area (Å²) in [6.45, 7) is 10.9. The van der Waals surface area contributed by atoms with Gasteiger partial charge in [0.25, 0.3) is 0 Å². The smallest absolute Gasteiger partial charge is 0.0642 e. The molecule has 0 amide bonds. The van der Waals surface area contributed by atoms with E-state index in [1.165, 1.54) is 12.0 Å². The van der Waals surface area contributed by atoms with Crippen LogP contribution in [0.5, 0.6) is 0 Å². The van der Waals surface area contributed by atoms with E-state index in [1.807, 2.05) is 0 Å². The molecule has 2 N–H and O–H groups in total. The maximum absolute atomic E-state index is 6.47. The molecule has 0 saturated carbocycles. The molecule has 1 aromatic rings. The highest BCUT2D eigenvalue weighted by Gasteiger charge is 2.12. The minimum absolute atomic E-state index is 0.222. The molecule has 3 heteroatoms. The summed E-state index contributed by atoms with van der Waals surface area (Å²) in [7, 11) is 0. The largest absolute Gasteiger partial charge is 0.370 e. The van der Waals surface area contributed by atoms with Crippen LogP contribution < -0.4 is 10.6 Å². The molecule has 2 unspecified atom stereocenters. The predicted molar refractivity (Wildman–Crippen MR) is 90.8 cm³/mol. The molecule has 0 saturated heterocycles. The molecular weight excluding hydrogens is 268 g/mol. The van der Waals surface area contributed by atoms with Crippen LogP contribution in [0, 0.1) is 5.92 Å². The lowest BCUT2D eigenvalue weighted by Gasteiger charge is -2.27. The first-order valence-corrected chi connectivity index (χ1v) is 8.18. The Morgan fingerprint density at radius 2 is 1.90 bits per heavy atom. The van der Waals surface area contributed by atoms with Gasteiger partial charge < -0.3 is 10.6 Å². The van der Waals surface area contributed by atoms with Gasteiger partial charge in [-0.2, -0.15) is 0 Å². The maximum atomic E-state index is 6.47. The van der Waals surface area contributed by atoms with Crippen molar-refractivity contribution in [2.45, 2.75) is 53.0 Å². The Kier molecular flexibility index (Phi) is 7.39. The summed E-state index contributed by atoms with van der Waals surface area (Å²) in [5.41, 5.74) is 8.38. The van der Waals surface area contributed by atoms with Crippen LogP contribution in [0.1, 0.15) is 46.1 Å². The third-order valence-electron chi connectivity index (χ3n) is 3.99. The monoisotopic (exact) mass is 296 g/mol. The number of hydrogen-bond donors (Lipinski definition) is 1. The fourth-order valence-electron chi connectivity index (χ4n) is 2.28. The van der Waals surface area contributed by atoms with Gasteiger partial charge >= 0.3 is 0 Å². The second-order valence-corrected chi connectivity index (χ2v) is 6.12. The molecule has 0 aliphatic heterocycles. The maximum Gasteiger partial charge on any atom is 0.0642 e. The molecule has 1 rings (SSSR count). The number of nitrogens with zero attached hydrogens (tertiary/aromatic N) is 1. The summed E-state index contributed by atoms with van der Waals surface area (Å²) < 4.78 is 0. The second-order valence-electron chi connectivity index (χ2n) is 5.71. The van der Waals surface area contributed by atoms with E-state index in [1.54, 1.807) is 0 Å². The third kappa shape index (κ3) is 4.99. The Bertz CT molecular complexity index is 406. The highest BCUT2D eigenvalue weighted by atomic mass is 35.5. The van der Waals surface area contributed by atoms with Gasteiger partial charge in [-0.25, -0.2) is 0 Å². The number of anilines is 1. The summed E-state index contributed by atoms with van der Waals surface area (Å²) in [4.78, 5) is 2.36. The first kappa shape index (κ1) is 17.3. The van der Waals surface area contributed by atoms with E-state index in [0.29, 0.717) is 5.92 Å². The minimum Gasteiger partial charge on any atom is -0.370 e. The number of benzene rings is 1. The van der Waals surface area contributed by atoms with Crippen LogP contribution in [0.25, 0.3) is 0 Å². The van der Waals surface area contributed by atoms with Crippen molar-refractivity contribution in [3.8, 4) is 0 Å². The number of rotatable bonds is 8. The van der Waals surface area contributed by atoms with Gasteiger partial charge in [0.05, 0.1) is 10.7 Å². The normalized spacial score (nSPS) is 14.1. The average molecular weight is 297 g/mol. The molecule has 0 bridgehead atoms. The fraction of sp³-hybridized carbons (Fsp3) is 0.647. The van der Waals surface area contributed by atoms with Gasteiger partial charge in [-0.3, -0.25) is 0 Å². The Hall–Kier alpha value is -0.730. The standard InChI is InChI=1S/C17H29ClN2/c1-5-13(4)12-20(7-3)17-9-8-14(11-16(17)18)10-15(19)6-2/h8-9,11,13,15H,5-7,10,12,19H2,1-4H3. The first-order chi connectivity index (χ1) is 9.51. The van der Waals surface area contributed by atoms with Crippen LogP contribution in [0.4, 0.5) is 5.69 Å². The van der Waals surface area contributed by atoms with Crippen molar-refractivity contribution in [3.63, 3.8) is 0 Å². The molecule has 20 heavy (non-hydrogen) atoms. The molecule has 1 aromatic carbocycles. The quantitative estimate of drug-likeness (QED) is 0.766.